The topological polar surface area (TPSA) is 57.1 Å². The number of aliphatic hydroxyl groups is 2. The molecule has 0 aromatic heterocycles. The molecule has 3 heteroatoms. The molecule has 4 saturated carbocycles. The molecule has 4 fully saturated rings. The van der Waals surface area contributed by atoms with Gasteiger partial charge in [0.25, 0.3) is 0 Å². The molecule has 0 radical (unpaired) electrons. The van der Waals surface area contributed by atoms with Crippen molar-refractivity contribution in [2.45, 2.75) is 83.8 Å². The number of hydrogen-bond donors (Lipinski definition) is 3. The summed E-state index contributed by atoms with van der Waals surface area (Å²) in [6, 6.07) is 0.731. The van der Waals surface area contributed by atoms with Crippen LogP contribution < -0.4 is 5.32 Å². The van der Waals surface area contributed by atoms with Gasteiger partial charge in [0.15, 0.2) is 0 Å². The molecule has 4 aliphatic carbocycles. The second-order valence-electron chi connectivity index (χ2n) is 10.1. The Kier molecular flexibility index (Phi) is 4.50. The number of aliphatic hydroxyl groups excluding tert-OH is 2. The van der Waals surface area contributed by atoms with E-state index in [9.17, 15) is 10.2 Å². The lowest BCUT2D eigenvalue weighted by Gasteiger charge is -2.60. The van der Waals surface area contributed by atoms with E-state index < -0.39 is 0 Å². The average molecular weight is 337 g/mol. The fraction of sp³-hybridized carbons (Fsp3) is 1.00. The Bertz CT molecular complexity index is 469. The van der Waals surface area contributed by atoms with Gasteiger partial charge in [0, 0.05) is 11.8 Å². The molecule has 0 unspecified atom stereocenters. The smallest absolute Gasteiger partial charge is 0.0992 e. The maximum absolute atomic E-state index is 10.1. The molecule has 0 aromatic rings. The molecule has 4 aliphatic rings. The largest absolute Gasteiger partial charge is 0.393 e. The summed E-state index contributed by atoms with van der Waals surface area (Å²) in [5.74, 6) is 3.50. The third kappa shape index (κ3) is 2.49. The Morgan fingerprint density at radius 3 is 2.46 bits per heavy atom. The maximum atomic E-state index is 10.1. The van der Waals surface area contributed by atoms with Crippen molar-refractivity contribution >= 4 is 0 Å². The minimum Gasteiger partial charge on any atom is -0.393 e. The summed E-state index contributed by atoms with van der Waals surface area (Å²) in [5.41, 5.74) is 0.990. The molecule has 4 rings (SSSR count). The molecule has 3 nitrogen and oxygen atoms in total. The number of nitrogens with two attached hydrogens (primary N) is 1. The van der Waals surface area contributed by atoms with Gasteiger partial charge in [-0.2, -0.15) is 0 Å². The van der Waals surface area contributed by atoms with Crippen molar-refractivity contribution in [3.8, 4) is 0 Å². The molecule has 0 spiro atoms. The summed E-state index contributed by atoms with van der Waals surface area (Å²) in [7, 11) is 0. The standard InChI is InChI=1S/C21H37NO2/c1-20-9-7-15(24)13-14(20)3-4-16-17-5-6-19(22-11-12-23)21(17,2)10-8-18(16)20/h14-19,22-24H,3-13H2,1-2H3/p+1/t14-,15-,16-,17+,18-,19-,20-,21-/m0/s1. The van der Waals surface area contributed by atoms with Crippen LogP contribution in [0.5, 0.6) is 0 Å². The van der Waals surface area contributed by atoms with Crippen LogP contribution >= 0.6 is 0 Å². The average Bonchev–Trinajstić information content (AvgIpc) is 2.90. The monoisotopic (exact) mass is 336 g/mol. The number of fused-ring (bicyclic) bond motifs is 5. The van der Waals surface area contributed by atoms with E-state index in [0.29, 0.717) is 17.4 Å². The SMILES string of the molecule is C[C@]12CC[C@H](O)C[C@@H]1CC[C@H]1[C@H]3CC[C@H]([NH2+]CCO)[C@@]3(C)CC[C@@H]12. The van der Waals surface area contributed by atoms with E-state index in [1.54, 1.807) is 0 Å². The van der Waals surface area contributed by atoms with Gasteiger partial charge in [-0.25, -0.2) is 0 Å². The first-order valence-corrected chi connectivity index (χ1v) is 10.6. The highest BCUT2D eigenvalue weighted by Crippen LogP contribution is 2.65. The normalized spacial score (nSPS) is 54.0. The van der Waals surface area contributed by atoms with Crippen LogP contribution in [-0.2, 0) is 0 Å². The molecular weight excluding hydrogens is 298 g/mol. The van der Waals surface area contributed by atoms with E-state index in [-0.39, 0.29) is 6.10 Å². The van der Waals surface area contributed by atoms with Gasteiger partial charge in [-0.1, -0.05) is 13.8 Å². The van der Waals surface area contributed by atoms with Gasteiger partial charge in [0.2, 0.25) is 0 Å². The van der Waals surface area contributed by atoms with Crippen molar-refractivity contribution in [1.29, 1.82) is 0 Å². The van der Waals surface area contributed by atoms with Gasteiger partial charge >= 0.3 is 0 Å². The lowest BCUT2D eigenvalue weighted by Crippen LogP contribution is -2.93. The van der Waals surface area contributed by atoms with Gasteiger partial charge in [0.1, 0.15) is 0 Å². The lowest BCUT2D eigenvalue weighted by molar-refractivity contribution is -0.702. The zero-order valence-corrected chi connectivity index (χ0v) is 15.7. The van der Waals surface area contributed by atoms with Crippen LogP contribution in [0.2, 0.25) is 0 Å². The van der Waals surface area contributed by atoms with Gasteiger partial charge < -0.3 is 15.5 Å². The van der Waals surface area contributed by atoms with Gasteiger partial charge in [-0.15, -0.1) is 0 Å². The highest BCUT2D eigenvalue weighted by molar-refractivity contribution is 5.09. The summed E-state index contributed by atoms with van der Waals surface area (Å²) in [5, 5.41) is 21.8. The van der Waals surface area contributed by atoms with Crippen LogP contribution in [-0.4, -0.2) is 35.5 Å². The van der Waals surface area contributed by atoms with Crippen LogP contribution in [0.4, 0.5) is 0 Å². The first-order valence-electron chi connectivity index (χ1n) is 10.6. The summed E-state index contributed by atoms with van der Waals surface area (Å²) in [6.07, 6.45) is 11.6. The quantitative estimate of drug-likeness (QED) is 0.741. The molecule has 0 heterocycles. The third-order valence-electron chi connectivity index (χ3n) is 9.29. The highest BCUT2D eigenvalue weighted by Gasteiger charge is 2.61. The van der Waals surface area contributed by atoms with Crippen LogP contribution in [0.1, 0.15) is 71.6 Å². The second kappa shape index (κ2) is 6.25. The minimum absolute atomic E-state index is 0.0302. The Hall–Kier alpha value is -0.120. The van der Waals surface area contributed by atoms with Crippen molar-refractivity contribution in [2.75, 3.05) is 13.2 Å². The summed E-state index contributed by atoms with van der Waals surface area (Å²) >= 11 is 0. The molecule has 0 aliphatic heterocycles. The van der Waals surface area contributed by atoms with E-state index in [1.165, 1.54) is 44.9 Å². The molecule has 0 amide bonds. The molecule has 0 bridgehead atoms. The Labute approximate surface area is 147 Å². The summed E-state index contributed by atoms with van der Waals surface area (Å²) < 4.78 is 0. The second-order valence-corrected chi connectivity index (χ2v) is 10.1. The zero-order valence-electron chi connectivity index (χ0n) is 15.7. The maximum Gasteiger partial charge on any atom is 0.0992 e. The van der Waals surface area contributed by atoms with E-state index in [4.69, 9.17) is 0 Å². The van der Waals surface area contributed by atoms with E-state index in [0.717, 1.165) is 49.1 Å². The molecule has 138 valence electrons. The molecule has 0 aromatic carbocycles. The summed E-state index contributed by atoms with van der Waals surface area (Å²) in [6.45, 7) is 6.33. The molecule has 8 atom stereocenters. The minimum atomic E-state index is -0.0302. The van der Waals surface area contributed by atoms with E-state index >= 15 is 0 Å². The van der Waals surface area contributed by atoms with Crippen LogP contribution in [0.15, 0.2) is 0 Å². The number of hydrogen-bond acceptors (Lipinski definition) is 2. The van der Waals surface area contributed by atoms with Crippen LogP contribution in [0.25, 0.3) is 0 Å². The van der Waals surface area contributed by atoms with Crippen LogP contribution in [0.3, 0.4) is 0 Å². The molecule has 0 saturated heterocycles. The fourth-order valence-corrected chi connectivity index (χ4v) is 7.94. The van der Waals surface area contributed by atoms with Crippen molar-refractivity contribution in [3.63, 3.8) is 0 Å². The van der Waals surface area contributed by atoms with Crippen molar-refractivity contribution in [2.24, 2.45) is 34.5 Å². The highest BCUT2D eigenvalue weighted by atomic mass is 16.3. The van der Waals surface area contributed by atoms with Crippen molar-refractivity contribution < 1.29 is 15.5 Å². The lowest BCUT2D eigenvalue weighted by atomic mass is 9.45. The Morgan fingerprint density at radius 2 is 1.67 bits per heavy atom. The van der Waals surface area contributed by atoms with Gasteiger partial charge in [-0.05, 0) is 80.5 Å². The first kappa shape index (κ1) is 17.3. The Balaban J connectivity index is 1.54. The van der Waals surface area contributed by atoms with E-state index in [1.807, 2.05) is 0 Å². The van der Waals surface area contributed by atoms with Crippen molar-refractivity contribution in [3.05, 3.63) is 0 Å². The first-order chi connectivity index (χ1) is 11.5. The van der Waals surface area contributed by atoms with Crippen molar-refractivity contribution in [1.82, 2.24) is 0 Å². The van der Waals surface area contributed by atoms with Gasteiger partial charge in [-0.3, -0.25) is 0 Å². The Morgan fingerprint density at radius 1 is 0.917 bits per heavy atom. The van der Waals surface area contributed by atoms with Gasteiger partial charge in [0.05, 0.1) is 25.3 Å². The zero-order chi connectivity index (χ0) is 16.9. The number of quaternary nitrogens is 1. The molecule has 24 heavy (non-hydrogen) atoms. The summed E-state index contributed by atoms with van der Waals surface area (Å²) in [4.78, 5) is 0. The number of rotatable bonds is 3. The van der Waals surface area contributed by atoms with E-state index in [2.05, 4.69) is 19.2 Å². The molecule has 4 N–H and O–H groups in total. The predicted octanol–water partition coefficient (Wildman–Crippen LogP) is 2.31. The third-order valence-corrected chi connectivity index (χ3v) is 9.29. The van der Waals surface area contributed by atoms with Crippen LogP contribution in [0, 0.1) is 34.5 Å². The fourth-order valence-electron chi connectivity index (χ4n) is 7.94. The molecular formula is C21H38NO2+. The predicted molar refractivity (Wildman–Crippen MR) is 95.4 cm³/mol.